The summed E-state index contributed by atoms with van der Waals surface area (Å²) in [5.41, 5.74) is 0. The molecule has 0 amide bonds. The van der Waals surface area contributed by atoms with Crippen LogP contribution in [0.3, 0.4) is 0 Å². The molecule has 0 spiro atoms. The lowest BCUT2D eigenvalue weighted by Gasteiger charge is -2.26. The Bertz CT molecular complexity index is 563. The van der Waals surface area contributed by atoms with Gasteiger partial charge in [0, 0.05) is 11.2 Å². The Hall–Kier alpha value is -0.280. The van der Waals surface area contributed by atoms with E-state index in [9.17, 15) is 17.5 Å². The topological polar surface area (TPSA) is 96.0 Å². The number of rotatable bonds is 8. The molecule has 0 bridgehead atoms. The van der Waals surface area contributed by atoms with Crippen LogP contribution in [-0.4, -0.2) is 32.5 Å². The number of hydrogen-bond donors (Lipinski definition) is 0. The smallest absolute Gasteiger partial charge is 0.304 e. The van der Waals surface area contributed by atoms with Crippen molar-refractivity contribution in [3.05, 3.63) is 0 Å². The predicted octanol–water partition coefficient (Wildman–Crippen LogP) is 2.07. The first-order valence-corrected chi connectivity index (χ1v) is 9.79. The molecule has 0 saturated heterocycles. The van der Waals surface area contributed by atoms with Gasteiger partial charge in [-0.15, -0.1) is 4.52 Å². The minimum atomic E-state index is -4.23. The highest BCUT2D eigenvalue weighted by Crippen LogP contribution is 2.73. The molecule has 19 heavy (non-hydrogen) atoms. The van der Waals surface area contributed by atoms with Crippen LogP contribution >= 0.6 is 15.6 Å². The number of hydrogen-bond acceptors (Lipinski definition) is 7. The van der Waals surface area contributed by atoms with Crippen LogP contribution in [0.5, 0.6) is 0 Å². The molecule has 0 aromatic rings. The quantitative estimate of drug-likeness (QED) is 0.382. The molecular weight excluding hydrogens is 314 g/mol. The third-order valence-corrected chi connectivity index (χ3v) is 10.3. The second-order valence-corrected chi connectivity index (χ2v) is 9.75. The summed E-state index contributed by atoms with van der Waals surface area (Å²) in [6, 6.07) is 0. The molecule has 10 heteroatoms. The summed E-state index contributed by atoms with van der Waals surface area (Å²) in [6.45, 7) is 4.44. The van der Waals surface area contributed by atoms with Gasteiger partial charge < -0.3 is 9.05 Å². The summed E-state index contributed by atoms with van der Waals surface area (Å²) in [5, 5.41) is 1.86. The van der Waals surface area contributed by atoms with Crippen LogP contribution in [0.1, 0.15) is 20.8 Å². The van der Waals surface area contributed by atoms with Crippen molar-refractivity contribution >= 4 is 25.5 Å². The molecule has 1 aliphatic heterocycles. The zero-order valence-corrected chi connectivity index (χ0v) is 13.4. The molecular formula is C9H15O7P2S+. The summed E-state index contributed by atoms with van der Waals surface area (Å²) >= 11 is 0. The van der Waals surface area contributed by atoms with E-state index in [4.69, 9.17) is 13.6 Å². The molecule has 1 heterocycles. The van der Waals surface area contributed by atoms with Crippen molar-refractivity contribution in [3.63, 3.8) is 0 Å². The Balaban J connectivity index is 3.39. The third-order valence-electron chi connectivity index (χ3n) is 2.19. The molecule has 2 atom stereocenters. The van der Waals surface area contributed by atoms with Gasteiger partial charge in [0.2, 0.25) is 0 Å². The fourth-order valence-electron chi connectivity index (χ4n) is 1.44. The van der Waals surface area contributed by atoms with Gasteiger partial charge in [0.1, 0.15) is 0 Å². The monoisotopic (exact) mass is 329 g/mol. The van der Waals surface area contributed by atoms with Gasteiger partial charge in [0.05, 0.1) is 19.8 Å². The van der Waals surface area contributed by atoms with Crippen molar-refractivity contribution in [2.24, 2.45) is 0 Å². The highest BCUT2D eigenvalue weighted by Gasteiger charge is 2.79. The predicted molar refractivity (Wildman–Crippen MR) is 69.5 cm³/mol. The van der Waals surface area contributed by atoms with Crippen LogP contribution in [0, 0.1) is 11.2 Å². The normalized spacial score (nSPS) is 25.1. The molecule has 2 unspecified atom stereocenters. The van der Waals surface area contributed by atoms with Crippen LogP contribution in [0.25, 0.3) is 0 Å². The molecule has 0 saturated carbocycles. The Morgan fingerprint density at radius 1 is 1.16 bits per heavy atom. The van der Waals surface area contributed by atoms with E-state index in [1.54, 1.807) is 0 Å². The van der Waals surface area contributed by atoms with Crippen LogP contribution < -0.4 is 0 Å². The van der Waals surface area contributed by atoms with Gasteiger partial charge in [-0.3, -0.25) is 4.57 Å². The first kappa shape index (κ1) is 16.8. The van der Waals surface area contributed by atoms with Crippen molar-refractivity contribution in [1.29, 1.82) is 0 Å². The molecule has 0 N–H and O–H groups in total. The summed E-state index contributed by atoms with van der Waals surface area (Å²) < 4.78 is 60.8. The Kier molecular flexibility index (Phi) is 5.30. The maximum absolute atomic E-state index is 12.7. The van der Waals surface area contributed by atoms with E-state index in [1.165, 1.54) is 20.8 Å². The molecule has 0 radical (unpaired) electrons. The van der Waals surface area contributed by atoms with Crippen molar-refractivity contribution in [1.82, 2.24) is 0 Å². The van der Waals surface area contributed by atoms with E-state index in [0.717, 1.165) is 0 Å². The van der Waals surface area contributed by atoms with E-state index >= 15 is 0 Å². The first-order chi connectivity index (χ1) is 8.81. The average Bonchev–Trinajstić information content (AvgIpc) is 2.29. The highest BCUT2D eigenvalue weighted by atomic mass is 32.2. The third kappa shape index (κ3) is 2.52. The van der Waals surface area contributed by atoms with E-state index in [1.807, 2.05) is 5.25 Å². The fraction of sp³-hybridized carbons (Fsp3) is 0.778. The van der Waals surface area contributed by atoms with Crippen LogP contribution in [0.2, 0.25) is 0 Å². The largest absolute Gasteiger partial charge is 0.559 e. The lowest BCUT2D eigenvalue weighted by molar-refractivity contribution is 0.216. The summed E-state index contributed by atoms with van der Waals surface area (Å²) in [6.07, 6.45) is 0. The Morgan fingerprint density at radius 2 is 1.68 bits per heavy atom. The van der Waals surface area contributed by atoms with E-state index in [0.29, 0.717) is 0 Å². The van der Waals surface area contributed by atoms with Gasteiger partial charge >= 0.3 is 19.9 Å². The minimum Gasteiger partial charge on any atom is -0.304 e. The zero-order valence-electron chi connectivity index (χ0n) is 10.8. The molecule has 7 nitrogen and oxygen atoms in total. The summed E-state index contributed by atoms with van der Waals surface area (Å²) in [7, 11) is -11.3. The molecule has 1 rings (SSSR count). The van der Waals surface area contributed by atoms with Gasteiger partial charge in [0.15, 0.2) is 0 Å². The standard InChI is InChI=1S/C9H15O7P2S/c1-4-14-17(10)9(7-8-19(9,12)13)18(11,15-5-2)16-6-3/h4-6H2,1-3H3/q+1. The van der Waals surface area contributed by atoms with Gasteiger partial charge in [-0.05, 0) is 25.3 Å². The SMILES string of the molecule is CCO[P+](=O)C1(P(=O)(OCC)OCC)C#CS1(=O)=O. The maximum Gasteiger partial charge on any atom is 0.559 e. The van der Waals surface area contributed by atoms with Crippen molar-refractivity contribution < 1.29 is 31.1 Å². The van der Waals surface area contributed by atoms with Gasteiger partial charge in [0.25, 0.3) is 9.84 Å². The van der Waals surface area contributed by atoms with Crippen molar-refractivity contribution in [2.75, 3.05) is 19.8 Å². The molecule has 0 aromatic heterocycles. The van der Waals surface area contributed by atoms with Crippen molar-refractivity contribution in [3.8, 4) is 11.2 Å². The highest BCUT2D eigenvalue weighted by molar-refractivity contribution is 8.11. The molecule has 1 aliphatic rings. The lowest BCUT2D eigenvalue weighted by atomic mass is 10.8. The second kappa shape index (κ2) is 6.01. The second-order valence-electron chi connectivity index (χ2n) is 3.35. The van der Waals surface area contributed by atoms with E-state index < -0.39 is 29.7 Å². The molecule has 0 aromatic carbocycles. The van der Waals surface area contributed by atoms with Crippen LogP contribution in [0.15, 0.2) is 0 Å². The molecule has 0 aliphatic carbocycles. The van der Waals surface area contributed by atoms with Crippen LogP contribution in [-0.2, 0) is 32.5 Å². The Morgan fingerprint density at radius 3 is 1.95 bits per heavy atom. The van der Waals surface area contributed by atoms with Crippen molar-refractivity contribution in [2.45, 2.75) is 25.0 Å². The zero-order chi connectivity index (χ0) is 14.7. The number of sulfone groups is 1. The van der Waals surface area contributed by atoms with E-state index in [-0.39, 0.29) is 19.8 Å². The summed E-state index contributed by atoms with van der Waals surface area (Å²) in [4.78, 5) is 0. The summed E-state index contributed by atoms with van der Waals surface area (Å²) in [5.74, 6) is 2.18. The van der Waals surface area contributed by atoms with E-state index in [2.05, 4.69) is 5.92 Å². The van der Waals surface area contributed by atoms with Gasteiger partial charge in [-0.25, -0.2) is 8.42 Å². The Labute approximate surface area is 113 Å². The lowest BCUT2D eigenvalue weighted by Crippen LogP contribution is -2.40. The first-order valence-electron chi connectivity index (χ1n) is 5.59. The molecule has 0 fully saturated rings. The fourth-order valence-corrected chi connectivity index (χ4v) is 7.94. The average molecular weight is 329 g/mol. The minimum absolute atomic E-state index is 0.00754. The molecule has 108 valence electrons. The van der Waals surface area contributed by atoms with Gasteiger partial charge in [-0.2, -0.15) is 0 Å². The van der Waals surface area contributed by atoms with Gasteiger partial charge in [-0.1, -0.05) is 0 Å². The maximum atomic E-state index is 12.7. The van der Waals surface area contributed by atoms with Crippen LogP contribution in [0.4, 0.5) is 0 Å².